The van der Waals surface area contributed by atoms with Crippen molar-refractivity contribution in [2.24, 2.45) is 5.92 Å². The minimum absolute atomic E-state index is 0.248. The summed E-state index contributed by atoms with van der Waals surface area (Å²) in [5.74, 6) is -2.53. The predicted molar refractivity (Wildman–Crippen MR) is 66.5 cm³/mol. The molecule has 0 atom stereocenters. The summed E-state index contributed by atoms with van der Waals surface area (Å²) in [6, 6.07) is 2.64. The monoisotopic (exact) mass is 270 g/mol. The van der Waals surface area contributed by atoms with Gasteiger partial charge in [0, 0.05) is 12.6 Å². The van der Waals surface area contributed by atoms with E-state index in [-0.39, 0.29) is 18.0 Å². The summed E-state index contributed by atoms with van der Waals surface area (Å²) in [7, 11) is 0. The van der Waals surface area contributed by atoms with E-state index >= 15 is 0 Å². The topological polar surface area (TPSA) is 58.2 Å². The quantitative estimate of drug-likeness (QED) is 0.851. The second-order valence-electron chi connectivity index (χ2n) is 4.50. The van der Waals surface area contributed by atoms with Crippen LogP contribution in [0, 0.1) is 17.6 Å². The Morgan fingerprint density at radius 1 is 1.21 bits per heavy atom. The van der Waals surface area contributed by atoms with Crippen molar-refractivity contribution in [1.29, 1.82) is 0 Å². The highest BCUT2D eigenvalue weighted by Crippen LogP contribution is 2.08. The molecule has 0 saturated heterocycles. The lowest BCUT2D eigenvalue weighted by Gasteiger charge is -2.09. The Bertz CT molecular complexity index is 476. The summed E-state index contributed by atoms with van der Waals surface area (Å²) in [6.07, 6.45) is 0. The third kappa shape index (κ3) is 5.03. The van der Waals surface area contributed by atoms with Gasteiger partial charge in [-0.3, -0.25) is 9.59 Å². The molecule has 6 heteroatoms. The molecule has 1 aromatic rings. The largest absolute Gasteiger partial charge is 0.354 e. The molecular weight excluding hydrogens is 254 g/mol. The summed E-state index contributed by atoms with van der Waals surface area (Å²) >= 11 is 0. The number of halogens is 2. The molecule has 0 spiro atoms. The Hall–Kier alpha value is -1.98. The molecule has 0 radical (unpaired) electrons. The minimum atomic E-state index is -0.958. The Morgan fingerprint density at radius 3 is 2.47 bits per heavy atom. The van der Waals surface area contributed by atoms with Gasteiger partial charge in [0.05, 0.1) is 12.1 Å². The minimum Gasteiger partial charge on any atom is -0.354 e. The summed E-state index contributed by atoms with van der Waals surface area (Å²) < 4.78 is 25.9. The second kappa shape index (κ2) is 6.82. The van der Waals surface area contributed by atoms with Gasteiger partial charge in [0.15, 0.2) is 0 Å². The van der Waals surface area contributed by atoms with Gasteiger partial charge >= 0.3 is 0 Å². The highest BCUT2D eigenvalue weighted by molar-refractivity contribution is 5.96. The first kappa shape index (κ1) is 15.1. The molecule has 0 bridgehead atoms. The third-order valence-corrected chi connectivity index (χ3v) is 2.29. The average Bonchev–Trinajstić information content (AvgIpc) is 2.33. The Kier molecular flexibility index (Phi) is 5.41. The molecule has 2 amide bonds. The lowest BCUT2D eigenvalue weighted by atomic mass is 10.2. The van der Waals surface area contributed by atoms with Gasteiger partial charge in [0.25, 0.3) is 5.91 Å². The van der Waals surface area contributed by atoms with E-state index in [2.05, 4.69) is 10.6 Å². The molecule has 4 nitrogen and oxygen atoms in total. The molecule has 1 aromatic carbocycles. The molecule has 19 heavy (non-hydrogen) atoms. The maximum Gasteiger partial charge on any atom is 0.254 e. The molecule has 0 aromatic heterocycles. The van der Waals surface area contributed by atoms with Crippen molar-refractivity contribution in [1.82, 2.24) is 10.6 Å². The standard InChI is InChI=1S/C13H16F2N2O2/c1-8(2)6-16-12(18)7-17-13(19)10-4-3-9(14)5-11(10)15/h3-5,8H,6-7H2,1-2H3,(H,16,18)(H,17,19). The number of rotatable bonds is 5. The van der Waals surface area contributed by atoms with Crippen LogP contribution in [-0.2, 0) is 4.79 Å². The van der Waals surface area contributed by atoms with E-state index in [1.165, 1.54) is 0 Å². The number of amides is 2. The van der Waals surface area contributed by atoms with Crippen molar-refractivity contribution in [2.75, 3.05) is 13.1 Å². The van der Waals surface area contributed by atoms with Crippen LogP contribution in [-0.4, -0.2) is 24.9 Å². The maximum absolute atomic E-state index is 13.3. The number of nitrogens with one attached hydrogen (secondary N) is 2. The van der Waals surface area contributed by atoms with Gasteiger partial charge in [-0.25, -0.2) is 8.78 Å². The van der Waals surface area contributed by atoms with Crippen molar-refractivity contribution >= 4 is 11.8 Å². The number of carbonyl (C=O) groups excluding carboxylic acids is 2. The van der Waals surface area contributed by atoms with Gasteiger partial charge < -0.3 is 10.6 Å². The van der Waals surface area contributed by atoms with E-state index in [0.717, 1.165) is 12.1 Å². The van der Waals surface area contributed by atoms with E-state index in [4.69, 9.17) is 0 Å². The molecule has 1 rings (SSSR count). The fourth-order valence-electron chi connectivity index (χ4n) is 1.31. The predicted octanol–water partition coefficient (Wildman–Crippen LogP) is 1.47. The molecule has 104 valence electrons. The molecular formula is C13H16F2N2O2. The zero-order chi connectivity index (χ0) is 14.4. The first-order valence-corrected chi connectivity index (χ1v) is 5.90. The normalized spacial score (nSPS) is 10.4. The molecule has 0 aliphatic rings. The summed E-state index contributed by atoms with van der Waals surface area (Å²) in [6.45, 7) is 4.13. The van der Waals surface area contributed by atoms with Crippen LogP contribution in [0.3, 0.4) is 0 Å². The fourth-order valence-corrected chi connectivity index (χ4v) is 1.31. The summed E-state index contributed by atoms with van der Waals surface area (Å²) in [5.41, 5.74) is -0.293. The van der Waals surface area contributed by atoms with Crippen molar-refractivity contribution in [3.05, 3.63) is 35.4 Å². The van der Waals surface area contributed by atoms with Gasteiger partial charge in [-0.05, 0) is 18.1 Å². The highest BCUT2D eigenvalue weighted by Gasteiger charge is 2.13. The molecule has 0 saturated carbocycles. The smallest absolute Gasteiger partial charge is 0.254 e. The van der Waals surface area contributed by atoms with Crippen LogP contribution >= 0.6 is 0 Å². The van der Waals surface area contributed by atoms with Crippen LogP contribution in [0.1, 0.15) is 24.2 Å². The Morgan fingerprint density at radius 2 is 1.89 bits per heavy atom. The SMILES string of the molecule is CC(C)CNC(=O)CNC(=O)c1ccc(F)cc1F. The van der Waals surface area contributed by atoms with E-state index in [0.29, 0.717) is 18.5 Å². The lowest BCUT2D eigenvalue weighted by molar-refractivity contribution is -0.120. The Labute approximate surface area is 110 Å². The first-order valence-electron chi connectivity index (χ1n) is 5.90. The first-order chi connectivity index (χ1) is 8.90. The van der Waals surface area contributed by atoms with Crippen molar-refractivity contribution in [3.8, 4) is 0 Å². The number of carbonyl (C=O) groups is 2. The van der Waals surface area contributed by atoms with E-state index < -0.39 is 17.5 Å². The van der Waals surface area contributed by atoms with Gasteiger partial charge in [0.2, 0.25) is 5.91 Å². The van der Waals surface area contributed by atoms with Crippen molar-refractivity contribution < 1.29 is 18.4 Å². The van der Waals surface area contributed by atoms with Crippen molar-refractivity contribution in [3.63, 3.8) is 0 Å². The van der Waals surface area contributed by atoms with Crippen LogP contribution in [0.4, 0.5) is 8.78 Å². The van der Waals surface area contributed by atoms with Crippen LogP contribution < -0.4 is 10.6 Å². The number of hydrogen-bond donors (Lipinski definition) is 2. The molecule has 0 fully saturated rings. The van der Waals surface area contributed by atoms with E-state index in [1.807, 2.05) is 13.8 Å². The van der Waals surface area contributed by atoms with Gasteiger partial charge in [0.1, 0.15) is 11.6 Å². The van der Waals surface area contributed by atoms with Crippen LogP contribution in [0.2, 0.25) is 0 Å². The van der Waals surface area contributed by atoms with Crippen molar-refractivity contribution in [2.45, 2.75) is 13.8 Å². The van der Waals surface area contributed by atoms with E-state index in [1.54, 1.807) is 0 Å². The van der Waals surface area contributed by atoms with Gasteiger partial charge in [-0.1, -0.05) is 13.8 Å². The number of hydrogen-bond acceptors (Lipinski definition) is 2. The fraction of sp³-hybridized carbons (Fsp3) is 0.385. The summed E-state index contributed by atoms with van der Waals surface area (Å²) in [5, 5.41) is 4.87. The van der Waals surface area contributed by atoms with Gasteiger partial charge in [-0.15, -0.1) is 0 Å². The van der Waals surface area contributed by atoms with Crippen LogP contribution in [0.25, 0.3) is 0 Å². The molecule has 2 N–H and O–H groups in total. The zero-order valence-electron chi connectivity index (χ0n) is 10.8. The van der Waals surface area contributed by atoms with Gasteiger partial charge in [-0.2, -0.15) is 0 Å². The maximum atomic E-state index is 13.3. The lowest BCUT2D eigenvalue weighted by Crippen LogP contribution is -2.38. The molecule has 0 aliphatic heterocycles. The molecule has 0 heterocycles. The summed E-state index contributed by atoms with van der Waals surface area (Å²) in [4.78, 5) is 22.9. The number of benzene rings is 1. The van der Waals surface area contributed by atoms with Crippen LogP contribution in [0.5, 0.6) is 0 Å². The Balaban J connectivity index is 2.49. The van der Waals surface area contributed by atoms with Crippen LogP contribution in [0.15, 0.2) is 18.2 Å². The highest BCUT2D eigenvalue weighted by atomic mass is 19.1. The second-order valence-corrected chi connectivity index (χ2v) is 4.50. The third-order valence-electron chi connectivity index (χ3n) is 2.29. The molecule has 0 aliphatic carbocycles. The molecule has 0 unspecified atom stereocenters. The van der Waals surface area contributed by atoms with E-state index in [9.17, 15) is 18.4 Å². The average molecular weight is 270 g/mol. The zero-order valence-corrected chi connectivity index (χ0v) is 10.8.